The normalized spacial score (nSPS) is 15.4. The fourth-order valence-electron chi connectivity index (χ4n) is 4.52. The smallest absolute Gasteiger partial charge is 0.235 e. The molecule has 1 atom stereocenters. The van der Waals surface area contributed by atoms with Crippen LogP contribution in [0.5, 0.6) is 0 Å². The van der Waals surface area contributed by atoms with E-state index in [2.05, 4.69) is 61.2 Å². The van der Waals surface area contributed by atoms with Crippen LogP contribution in [0.2, 0.25) is 0 Å². The third kappa shape index (κ3) is 5.76. The van der Waals surface area contributed by atoms with E-state index < -0.39 is 0 Å². The number of anilines is 1. The molecule has 1 N–H and O–H groups in total. The lowest BCUT2D eigenvalue weighted by molar-refractivity contribution is -0.113. The Labute approximate surface area is 216 Å². The Hall–Kier alpha value is -2.69. The molecule has 7 heteroatoms. The van der Waals surface area contributed by atoms with Gasteiger partial charge in [-0.05, 0) is 56.1 Å². The average Bonchev–Trinajstić information content (AvgIpc) is 3.18. The van der Waals surface area contributed by atoms with Crippen LogP contribution in [0.25, 0.3) is 11.3 Å². The van der Waals surface area contributed by atoms with Crippen molar-refractivity contribution in [2.45, 2.75) is 65.5 Å². The van der Waals surface area contributed by atoms with E-state index in [-0.39, 0.29) is 17.1 Å². The van der Waals surface area contributed by atoms with Gasteiger partial charge in [0.1, 0.15) is 11.1 Å². The molecule has 2 aromatic heterocycles. The molecule has 5 nitrogen and oxygen atoms in total. The number of nitrogens with one attached hydrogen (secondary N) is 1. The van der Waals surface area contributed by atoms with E-state index in [1.807, 2.05) is 25.1 Å². The van der Waals surface area contributed by atoms with Crippen molar-refractivity contribution in [1.29, 1.82) is 5.26 Å². The summed E-state index contributed by atoms with van der Waals surface area (Å²) in [5.74, 6) is 0.651. The lowest BCUT2D eigenvalue weighted by Gasteiger charge is -2.36. The van der Waals surface area contributed by atoms with E-state index in [0.717, 1.165) is 48.2 Å². The number of nitrogens with zero attached hydrogens (tertiary/aromatic N) is 3. The highest BCUT2D eigenvalue weighted by atomic mass is 32.2. The first-order chi connectivity index (χ1) is 16.7. The van der Waals surface area contributed by atoms with Gasteiger partial charge in [0.15, 0.2) is 5.16 Å². The van der Waals surface area contributed by atoms with E-state index in [1.165, 1.54) is 22.2 Å². The van der Waals surface area contributed by atoms with Crippen molar-refractivity contribution in [3.63, 3.8) is 0 Å². The Morgan fingerprint density at radius 1 is 1.26 bits per heavy atom. The summed E-state index contributed by atoms with van der Waals surface area (Å²) in [5, 5.41) is 14.1. The predicted molar refractivity (Wildman–Crippen MR) is 145 cm³/mol. The van der Waals surface area contributed by atoms with Crippen LogP contribution in [-0.2, 0) is 17.6 Å². The Morgan fingerprint density at radius 2 is 2.00 bits per heavy atom. The number of hydrogen-bond acceptors (Lipinski definition) is 6. The first kappa shape index (κ1) is 25.4. The van der Waals surface area contributed by atoms with E-state index in [0.29, 0.717) is 21.6 Å². The van der Waals surface area contributed by atoms with Crippen molar-refractivity contribution in [3.05, 3.63) is 57.6 Å². The van der Waals surface area contributed by atoms with Crippen LogP contribution in [0.3, 0.4) is 0 Å². The number of benzene rings is 1. The number of carbonyl (C=O) groups excluding carboxylic acids is 1. The van der Waals surface area contributed by atoms with Crippen LogP contribution in [0, 0.1) is 36.5 Å². The van der Waals surface area contributed by atoms with Gasteiger partial charge in [-0.3, -0.25) is 4.79 Å². The number of thiophene rings is 1. The largest absolute Gasteiger partial charge is 0.316 e. The zero-order valence-electron chi connectivity index (χ0n) is 21.1. The summed E-state index contributed by atoms with van der Waals surface area (Å²) in [6, 6.07) is 12.5. The maximum Gasteiger partial charge on any atom is 0.235 e. The highest BCUT2D eigenvalue weighted by molar-refractivity contribution is 7.99. The van der Waals surface area contributed by atoms with Crippen molar-refractivity contribution >= 4 is 34.0 Å². The van der Waals surface area contributed by atoms with Gasteiger partial charge in [0.2, 0.25) is 5.91 Å². The summed E-state index contributed by atoms with van der Waals surface area (Å²) in [5.41, 5.74) is 5.99. The topological polar surface area (TPSA) is 78.7 Å². The molecule has 0 bridgehead atoms. The van der Waals surface area contributed by atoms with Crippen molar-refractivity contribution in [1.82, 2.24) is 9.97 Å². The minimum absolute atomic E-state index is 0.141. The minimum Gasteiger partial charge on any atom is -0.316 e. The van der Waals surface area contributed by atoms with Crippen molar-refractivity contribution in [2.24, 2.45) is 11.3 Å². The van der Waals surface area contributed by atoms with Crippen molar-refractivity contribution in [3.8, 4) is 17.3 Å². The molecule has 2 heterocycles. The summed E-state index contributed by atoms with van der Waals surface area (Å²) >= 11 is 2.89. The van der Waals surface area contributed by atoms with E-state index in [4.69, 9.17) is 0 Å². The van der Waals surface area contributed by atoms with E-state index >= 15 is 0 Å². The minimum atomic E-state index is -0.141. The summed E-state index contributed by atoms with van der Waals surface area (Å²) in [4.78, 5) is 23.2. The highest BCUT2D eigenvalue weighted by Gasteiger charge is 2.34. The Kier molecular flexibility index (Phi) is 7.63. The number of nitriles is 1. The Morgan fingerprint density at radius 3 is 2.69 bits per heavy atom. The monoisotopic (exact) mass is 504 g/mol. The van der Waals surface area contributed by atoms with Crippen LogP contribution in [0.4, 0.5) is 5.00 Å². The fraction of sp³-hybridized carbons (Fsp3) is 0.429. The van der Waals surface area contributed by atoms with E-state index in [9.17, 15) is 10.1 Å². The fourth-order valence-corrected chi connectivity index (χ4v) is 6.52. The molecule has 4 rings (SSSR count). The lowest BCUT2D eigenvalue weighted by atomic mass is 9.69. The first-order valence-corrected chi connectivity index (χ1v) is 13.9. The molecule has 1 aliphatic rings. The predicted octanol–water partition coefficient (Wildman–Crippen LogP) is 6.97. The summed E-state index contributed by atoms with van der Waals surface area (Å²) in [6.45, 7) is 10.9. The molecule has 0 aliphatic heterocycles. The molecule has 1 aromatic carbocycles. The molecular weight excluding hydrogens is 472 g/mol. The van der Waals surface area contributed by atoms with Gasteiger partial charge in [-0.25, -0.2) is 9.97 Å². The molecule has 0 saturated carbocycles. The molecule has 1 amide bonds. The molecule has 0 spiro atoms. The number of hydrogen-bond donors (Lipinski definition) is 1. The standard InChI is InChI=1S/C28H32N4OS2/c1-6-28(4,5)20-11-12-21-22(15-29)26(35-24(21)14-20)32-25(33)16-34-27-30-18(3)13-23(31-27)19-9-7-17(2)8-10-19/h7-10,13,20H,6,11-12,14,16H2,1-5H3,(H,32,33)/t20-/m0/s1. The van der Waals surface area contributed by atoms with E-state index in [1.54, 1.807) is 11.3 Å². The van der Waals surface area contributed by atoms with Gasteiger partial charge < -0.3 is 5.32 Å². The van der Waals surface area contributed by atoms with Gasteiger partial charge >= 0.3 is 0 Å². The maximum atomic E-state index is 12.8. The van der Waals surface area contributed by atoms with Crippen molar-refractivity contribution in [2.75, 3.05) is 11.1 Å². The molecule has 0 radical (unpaired) electrons. The summed E-state index contributed by atoms with van der Waals surface area (Å²) in [6.07, 6.45) is 4.12. The van der Waals surface area contributed by atoms with Gasteiger partial charge in [0.05, 0.1) is 17.0 Å². The van der Waals surface area contributed by atoms with Crippen LogP contribution >= 0.6 is 23.1 Å². The molecule has 35 heavy (non-hydrogen) atoms. The van der Waals surface area contributed by atoms with Gasteiger partial charge in [-0.15, -0.1) is 11.3 Å². The average molecular weight is 505 g/mol. The number of carbonyl (C=O) groups is 1. The molecular formula is C28H32N4OS2. The number of aromatic nitrogens is 2. The second kappa shape index (κ2) is 10.5. The summed E-state index contributed by atoms with van der Waals surface area (Å²) in [7, 11) is 0. The highest BCUT2D eigenvalue weighted by Crippen LogP contribution is 2.45. The molecule has 3 aromatic rings. The molecule has 182 valence electrons. The van der Waals surface area contributed by atoms with Crippen LogP contribution in [-0.4, -0.2) is 21.6 Å². The Balaban J connectivity index is 1.45. The molecule has 1 aliphatic carbocycles. The van der Waals surface area contributed by atoms with Gasteiger partial charge in [0, 0.05) is 16.1 Å². The quantitative estimate of drug-likeness (QED) is 0.278. The lowest BCUT2D eigenvalue weighted by Crippen LogP contribution is -2.28. The number of fused-ring (bicyclic) bond motifs is 1. The van der Waals surface area contributed by atoms with Crippen molar-refractivity contribution < 1.29 is 4.79 Å². The number of rotatable bonds is 7. The summed E-state index contributed by atoms with van der Waals surface area (Å²) < 4.78 is 0. The second-order valence-corrected chi connectivity index (χ2v) is 12.0. The number of thioether (sulfide) groups is 1. The second-order valence-electron chi connectivity index (χ2n) is 9.98. The zero-order chi connectivity index (χ0) is 25.2. The van der Waals surface area contributed by atoms with Gasteiger partial charge in [0.25, 0.3) is 0 Å². The SMILES string of the molecule is CCC(C)(C)[C@H]1CCc2c(sc(NC(=O)CSc3nc(C)cc(-c4ccc(C)cc4)n3)c2C#N)C1. The third-order valence-corrected chi connectivity index (χ3v) is 9.18. The third-order valence-electron chi connectivity index (χ3n) is 7.16. The molecule has 0 unspecified atom stereocenters. The van der Waals surface area contributed by atoms with Gasteiger partial charge in [-0.2, -0.15) is 5.26 Å². The first-order valence-electron chi connectivity index (χ1n) is 12.1. The molecule has 0 fully saturated rings. The maximum absolute atomic E-state index is 12.8. The Bertz CT molecular complexity index is 1270. The van der Waals surface area contributed by atoms with Gasteiger partial charge in [-0.1, -0.05) is 68.8 Å². The molecule has 0 saturated heterocycles. The number of aryl methyl sites for hydroxylation is 2. The number of amides is 1. The van der Waals surface area contributed by atoms with Crippen LogP contribution < -0.4 is 5.32 Å². The van der Waals surface area contributed by atoms with Crippen LogP contribution in [0.15, 0.2) is 35.5 Å². The zero-order valence-corrected chi connectivity index (χ0v) is 22.7. The van der Waals surface area contributed by atoms with Crippen LogP contribution in [0.1, 0.15) is 60.9 Å².